The van der Waals surface area contributed by atoms with Crippen molar-refractivity contribution in [3.63, 3.8) is 0 Å². The predicted molar refractivity (Wildman–Crippen MR) is 71.3 cm³/mol. The summed E-state index contributed by atoms with van der Waals surface area (Å²) >= 11 is 3.37. The highest BCUT2D eigenvalue weighted by Crippen LogP contribution is 2.11. The van der Waals surface area contributed by atoms with Crippen LogP contribution in [0.3, 0.4) is 0 Å². The molecule has 0 spiro atoms. The molecule has 1 aromatic rings. The first-order valence-corrected chi connectivity index (χ1v) is 6.56. The van der Waals surface area contributed by atoms with Gasteiger partial charge in [0.15, 0.2) is 0 Å². The SMILES string of the molecule is Cc1cc(C)cc(C(=O)N(C)CCCBr)c1. The van der Waals surface area contributed by atoms with Crippen molar-refractivity contribution in [1.82, 2.24) is 4.90 Å². The van der Waals surface area contributed by atoms with Crippen LogP contribution in [0.15, 0.2) is 18.2 Å². The van der Waals surface area contributed by atoms with Gasteiger partial charge >= 0.3 is 0 Å². The second-order valence-electron chi connectivity index (χ2n) is 4.15. The third-order valence-electron chi connectivity index (χ3n) is 2.44. The summed E-state index contributed by atoms with van der Waals surface area (Å²) in [5, 5.41) is 0.928. The number of rotatable bonds is 4. The zero-order chi connectivity index (χ0) is 12.1. The summed E-state index contributed by atoms with van der Waals surface area (Å²) in [6.07, 6.45) is 0.979. The number of aryl methyl sites for hydroxylation is 2. The van der Waals surface area contributed by atoms with Crippen molar-refractivity contribution in [3.8, 4) is 0 Å². The molecule has 0 aliphatic carbocycles. The lowest BCUT2D eigenvalue weighted by Crippen LogP contribution is -2.28. The van der Waals surface area contributed by atoms with Crippen LogP contribution < -0.4 is 0 Å². The molecular formula is C13H18BrNO. The fourth-order valence-electron chi connectivity index (χ4n) is 1.72. The smallest absolute Gasteiger partial charge is 0.253 e. The molecule has 0 fully saturated rings. The van der Waals surface area contributed by atoms with Crippen LogP contribution in [-0.2, 0) is 0 Å². The van der Waals surface area contributed by atoms with Crippen molar-refractivity contribution in [3.05, 3.63) is 34.9 Å². The molecule has 3 heteroatoms. The minimum absolute atomic E-state index is 0.104. The lowest BCUT2D eigenvalue weighted by atomic mass is 10.1. The fourth-order valence-corrected chi connectivity index (χ4v) is 1.97. The molecule has 0 aliphatic heterocycles. The van der Waals surface area contributed by atoms with E-state index in [9.17, 15) is 4.79 Å². The Kier molecular flexibility index (Phi) is 5.00. The summed E-state index contributed by atoms with van der Waals surface area (Å²) in [5.74, 6) is 0.104. The van der Waals surface area contributed by atoms with Crippen LogP contribution >= 0.6 is 15.9 Å². The van der Waals surface area contributed by atoms with E-state index in [1.165, 1.54) is 0 Å². The normalized spacial score (nSPS) is 10.2. The molecule has 0 aromatic heterocycles. The van der Waals surface area contributed by atoms with Crippen molar-refractivity contribution in [2.75, 3.05) is 18.9 Å². The van der Waals surface area contributed by atoms with Crippen molar-refractivity contribution < 1.29 is 4.79 Å². The molecule has 1 amide bonds. The number of hydrogen-bond donors (Lipinski definition) is 0. The van der Waals surface area contributed by atoms with Gasteiger partial charge in [0.2, 0.25) is 0 Å². The molecule has 0 bridgehead atoms. The number of carbonyl (C=O) groups is 1. The van der Waals surface area contributed by atoms with E-state index in [4.69, 9.17) is 0 Å². The molecule has 0 aliphatic rings. The van der Waals surface area contributed by atoms with Gasteiger partial charge in [0.25, 0.3) is 5.91 Å². The van der Waals surface area contributed by atoms with Crippen molar-refractivity contribution in [2.24, 2.45) is 0 Å². The second-order valence-corrected chi connectivity index (χ2v) is 4.94. The van der Waals surface area contributed by atoms with Gasteiger partial charge in [-0.3, -0.25) is 4.79 Å². The average molecular weight is 284 g/mol. The molecule has 0 heterocycles. The van der Waals surface area contributed by atoms with Gasteiger partial charge in [0.1, 0.15) is 0 Å². The maximum atomic E-state index is 12.1. The highest BCUT2D eigenvalue weighted by Gasteiger charge is 2.11. The summed E-state index contributed by atoms with van der Waals surface area (Å²) in [7, 11) is 1.85. The Morgan fingerprint density at radius 2 is 1.81 bits per heavy atom. The number of alkyl halides is 1. The van der Waals surface area contributed by atoms with Crippen molar-refractivity contribution in [2.45, 2.75) is 20.3 Å². The minimum Gasteiger partial charge on any atom is -0.342 e. The Morgan fingerprint density at radius 1 is 1.25 bits per heavy atom. The summed E-state index contributed by atoms with van der Waals surface area (Å²) in [6.45, 7) is 4.82. The van der Waals surface area contributed by atoms with E-state index >= 15 is 0 Å². The maximum absolute atomic E-state index is 12.1. The van der Waals surface area contributed by atoms with E-state index in [1.54, 1.807) is 4.90 Å². The zero-order valence-corrected chi connectivity index (χ0v) is 11.7. The highest BCUT2D eigenvalue weighted by atomic mass is 79.9. The van der Waals surface area contributed by atoms with Crippen LogP contribution in [0.2, 0.25) is 0 Å². The van der Waals surface area contributed by atoms with Gasteiger partial charge in [-0.2, -0.15) is 0 Å². The quantitative estimate of drug-likeness (QED) is 0.778. The van der Waals surface area contributed by atoms with E-state index in [0.29, 0.717) is 0 Å². The molecule has 2 nitrogen and oxygen atoms in total. The number of benzene rings is 1. The van der Waals surface area contributed by atoms with Crippen LogP contribution in [0, 0.1) is 13.8 Å². The van der Waals surface area contributed by atoms with Gasteiger partial charge in [-0.05, 0) is 32.4 Å². The van der Waals surface area contributed by atoms with Crippen LogP contribution in [-0.4, -0.2) is 29.7 Å². The number of halogens is 1. The highest BCUT2D eigenvalue weighted by molar-refractivity contribution is 9.09. The molecule has 16 heavy (non-hydrogen) atoms. The molecule has 0 radical (unpaired) electrons. The van der Waals surface area contributed by atoms with Gasteiger partial charge in [0, 0.05) is 24.5 Å². The van der Waals surface area contributed by atoms with Crippen molar-refractivity contribution >= 4 is 21.8 Å². The number of carbonyl (C=O) groups excluding carboxylic acids is 1. The topological polar surface area (TPSA) is 20.3 Å². The lowest BCUT2D eigenvalue weighted by molar-refractivity contribution is 0.0795. The predicted octanol–water partition coefficient (Wildman–Crippen LogP) is 3.16. The number of hydrogen-bond acceptors (Lipinski definition) is 1. The third-order valence-corrected chi connectivity index (χ3v) is 3.00. The van der Waals surface area contributed by atoms with Gasteiger partial charge in [-0.15, -0.1) is 0 Å². The largest absolute Gasteiger partial charge is 0.342 e. The first-order valence-electron chi connectivity index (χ1n) is 5.44. The molecule has 0 saturated heterocycles. The van der Waals surface area contributed by atoms with E-state index < -0.39 is 0 Å². The second kappa shape index (κ2) is 6.04. The molecule has 0 saturated carbocycles. The lowest BCUT2D eigenvalue weighted by Gasteiger charge is -2.17. The minimum atomic E-state index is 0.104. The first kappa shape index (κ1) is 13.2. The number of amides is 1. The first-order chi connectivity index (χ1) is 7.54. The van der Waals surface area contributed by atoms with E-state index in [0.717, 1.165) is 35.0 Å². The standard InChI is InChI=1S/C13H18BrNO/c1-10-7-11(2)9-12(8-10)13(16)15(3)6-4-5-14/h7-9H,4-6H2,1-3H3. The molecular weight excluding hydrogens is 266 g/mol. The van der Waals surface area contributed by atoms with Crippen LogP contribution in [0.4, 0.5) is 0 Å². The average Bonchev–Trinajstić information content (AvgIpc) is 2.23. The Hall–Kier alpha value is -0.830. The molecule has 0 unspecified atom stereocenters. The zero-order valence-electron chi connectivity index (χ0n) is 10.1. The van der Waals surface area contributed by atoms with Gasteiger partial charge in [0.05, 0.1) is 0 Å². The van der Waals surface area contributed by atoms with Crippen LogP contribution in [0.1, 0.15) is 27.9 Å². The maximum Gasteiger partial charge on any atom is 0.253 e. The van der Waals surface area contributed by atoms with Crippen molar-refractivity contribution in [1.29, 1.82) is 0 Å². The van der Waals surface area contributed by atoms with E-state index in [-0.39, 0.29) is 5.91 Å². The molecule has 1 aromatic carbocycles. The monoisotopic (exact) mass is 283 g/mol. The summed E-state index contributed by atoms with van der Waals surface area (Å²) < 4.78 is 0. The number of nitrogens with zero attached hydrogens (tertiary/aromatic N) is 1. The van der Waals surface area contributed by atoms with Crippen LogP contribution in [0.25, 0.3) is 0 Å². The summed E-state index contributed by atoms with van der Waals surface area (Å²) in [4.78, 5) is 13.8. The van der Waals surface area contributed by atoms with Gasteiger partial charge in [-0.1, -0.05) is 33.1 Å². The Labute approximate surface area is 106 Å². The van der Waals surface area contributed by atoms with E-state index in [1.807, 2.05) is 33.0 Å². The molecule has 1 rings (SSSR count). The summed E-state index contributed by atoms with van der Waals surface area (Å²) in [5.41, 5.74) is 3.06. The Bertz CT molecular complexity index is 356. The Morgan fingerprint density at radius 3 is 2.31 bits per heavy atom. The van der Waals surface area contributed by atoms with Crippen LogP contribution in [0.5, 0.6) is 0 Å². The fraction of sp³-hybridized carbons (Fsp3) is 0.462. The van der Waals surface area contributed by atoms with Gasteiger partial charge in [-0.25, -0.2) is 0 Å². The molecule has 0 atom stereocenters. The molecule has 88 valence electrons. The van der Waals surface area contributed by atoms with E-state index in [2.05, 4.69) is 22.0 Å². The molecule has 0 N–H and O–H groups in total. The van der Waals surface area contributed by atoms with Gasteiger partial charge < -0.3 is 4.90 Å². The third kappa shape index (κ3) is 3.63. The summed E-state index contributed by atoms with van der Waals surface area (Å²) in [6, 6.07) is 5.97. The Balaban J connectivity index is 2.79.